The summed E-state index contributed by atoms with van der Waals surface area (Å²) in [4.78, 5) is 15.9. The van der Waals surface area contributed by atoms with Crippen LogP contribution in [0.4, 0.5) is 4.79 Å². The van der Waals surface area contributed by atoms with E-state index >= 15 is 0 Å². The first-order valence-corrected chi connectivity index (χ1v) is 12.0. The smallest absolute Gasteiger partial charge is 0.315 e. The number of rotatable bonds is 2. The molecule has 0 spiro atoms. The van der Waals surface area contributed by atoms with Crippen molar-refractivity contribution in [2.24, 2.45) is 5.92 Å². The molecular weight excluding hydrogens is 368 g/mol. The molecule has 30 heavy (non-hydrogen) atoms. The maximum absolute atomic E-state index is 12.3. The molecule has 0 bridgehead atoms. The molecule has 0 unspecified atom stereocenters. The summed E-state index contributed by atoms with van der Waals surface area (Å²) in [5.41, 5.74) is 1.74. The van der Waals surface area contributed by atoms with Crippen molar-refractivity contribution >= 4 is 6.03 Å². The van der Waals surface area contributed by atoms with Gasteiger partial charge in [-0.25, -0.2) is 4.79 Å². The lowest BCUT2D eigenvalue weighted by Crippen LogP contribution is -2.54. The maximum Gasteiger partial charge on any atom is 0.324 e. The molecule has 1 heterocycles. The summed E-state index contributed by atoms with van der Waals surface area (Å²) in [5, 5.41) is 0. The number of urea groups is 1. The van der Waals surface area contributed by atoms with Crippen LogP contribution in [0.25, 0.3) is 0 Å². The first-order chi connectivity index (χ1) is 14.2. The second kappa shape index (κ2) is 21.9. The van der Waals surface area contributed by atoms with E-state index in [1.807, 2.05) is 78.5 Å². The van der Waals surface area contributed by atoms with Gasteiger partial charge in [0.1, 0.15) is 0 Å². The Morgan fingerprint density at radius 1 is 0.867 bits per heavy atom. The Morgan fingerprint density at radius 2 is 1.23 bits per heavy atom. The second-order valence-electron chi connectivity index (χ2n) is 6.97. The number of nitrogens with zero attached hydrogens (tertiary/aromatic N) is 2. The predicted octanol–water partition coefficient (Wildman–Crippen LogP) is 8.96. The van der Waals surface area contributed by atoms with Gasteiger partial charge in [0.2, 0.25) is 0 Å². The van der Waals surface area contributed by atoms with Crippen LogP contribution in [-0.4, -0.2) is 29.4 Å². The van der Waals surface area contributed by atoms with Gasteiger partial charge in [-0.15, -0.1) is 0 Å². The van der Waals surface area contributed by atoms with Crippen LogP contribution in [-0.2, 0) is 5.54 Å². The molecule has 1 aliphatic heterocycles. The van der Waals surface area contributed by atoms with Crippen LogP contribution < -0.4 is 0 Å². The maximum atomic E-state index is 12.3. The molecule has 1 aromatic rings. The van der Waals surface area contributed by atoms with E-state index in [2.05, 4.69) is 53.3 Å². The molecule has 0 aliphatic carbocycles. The number of carbonyl (C=O) groups excluding carboxylic acids is 1. The second-order valence-corrected chi connectivity index (χ2v) is 6.97. The Hall–Kier alpha value is -1.77. The van der Waals surface area contributed by atoms with Crippen LogP contribution in [0.1, 0.15) is 102 Å². The number of amides is 2. The van der Waals surface area contributed by atoms with Crippen molar-refractivity contribution in [1.29, 1.82) is 0 Å². The van der Waals surface area contributed by atoms with Gasteiger partial charge in [-0.05, 0) is 25.3 Å². The monoisotopic (exact) mass is 422 g/mol. The van der Waals surface area contributed by atoms with Gasteiger partial charge in [0.05, 0.1) is 5.54 Å². The van der Waals surface area contributed by atoms with Crippen molar-refractivity contribution in [2.45, 2.75) is 102 Å². The first-order valence-electron chi connectivity index (χ1n) is 12.0. The number of benzene rings is 1. The van der Waals surface area contributed by atoms with E-state index in [9.17, 15) is 4.79 Å². The summed E-state index contributed by atoms with van der Waals surface area (Å²) in [6, 6.07) is 10.2. The minimum atomic E-state index is -0.298. The van der Waals surface area contributed by atoms with Gasteiger partial charge in [-0.3, -0.25) is 0 Å². The van der Waals surface area contributed by atoms with E-state index < -0.39 is 0 Å². The minimum Gasteiger partial charge on any atom is -0.315 e. The third kappa shape index (κ3) is 13.5. The Kier molecular flexibility index (Phi) is 26.1. The topological polar surface area (TPSA) is 23.6 Å². The Labute approximate surface area is 190 Å². The van der Waals surface area contributed by atoms with Crippen molar-refractivity contribution < 1.29 is 4.79 Å². The van der Waals surface area contributed by atoms with Gasteiger partial charge in [-0.2, -0.15) is 0 Å². The SMILES string of the molecule is C=C1CCN(C(C)(C)c2ccccc2)C(=O)N1C.CC.CC.CC.CC.CC(C)C. The molecule has 3 heteroatoms. The first kappa shape index (κ1) is 35.7. The highest BCUT2D eigenvalue weighted by Crippen LogP contribution is 2.32. The van der Waals surface area contributed by atoms with Crippen molar-refractivity contribution in [2.75, 3.05) is 13.6 Å². The largest absolute Gasteiger partial charge is 0.324 e. The van der Waals surface area contributed by atoms with E-state index in [-0.39, 0.29) is 11.6 Å². The normalized spacial score (nSPS) is 12.4. The molecule has 178 valence electrons. The molecular formula is C27H54N2O. The minimum absolute atomic E-state index is 0.0279. The third-order valence-electron chi connectivity index (χ3n) is 3.77. The molecule has 0 N–H and O–H groups in total. The summed E-state index contributed by atoms with van der Waals surface area (Å²) < 4.78 is 0. The van der Waals surface area contributed by atoms with Crippen LogP contribution in [0, 0.1) is 5.92 Å². The Bertz CT molecular complexity index is 504. The van der Waals surface area contributed by atoms with Gasteiger partial charge < -0.3 is 9.80 Å². The molecule has 2 rings (SSSR count). The van der Waals surface area contributed by atoms with E-state index in [0.29, 0.717) is 0 Å². The van der Waals surface area contributed by atoms with Crippen molar-refractivity contribution in [1.82, 2.24) is 9.80 Å². The highest BCUT2D eigenvalue weighted by Gasteiger charge is 2.37. The standard InChI is InChI=1S/C15H20N2O.C4H10.4C2H6/c1-12-10-11-17(14(18)16(12)4)15(2,3)13-8-6-5-7-9-13;1-4(2)3;4*1-2/h5-9H,1,10-11H2,2-4H3;4H,1-3H3;4*1-2H3. The fourth-order valence-electron chi connectivity index (χ4n) is 2.34. The van der Waals surface area contributed by atoms with Gasteiger partial charge in [0.15, 0.2) is 0 Å². The summed E-state index contributed by atoms with van der Waals surface area (Å²) in [5.74, 6) is 0.833. The lowest BCUT2D eigenvalue weighted by Gasteiger charge is -2.44. The average Bonchev–Trinajstić information content (AvgIpc) is 2.78. The van der Waals surface area contributed by atoms with E-state index in [1.165, 1.54) is 0 Å². The fraction of sp³-hybridized carbons (Fsp3) is 0.667. The van der Waals surface area contributed by atoms with Crippen LogP contribution in [0.2, 0.25) is 0 Å². The Morgan fingerprint density at radius 3 is 1.60 bits per heavy atom. The average molecular weight is 423 g/mol. The molecule has 0 atom stereocenters. The molecule has 2 amide bonds. The van der Waals surface area contributed by atoms with Gasteiger partial charge >= 0.3 is 6.03 Å². The molecule has 1 aliphatic rings. The number of hydrogen-bond acceptors (Lipinski definition) is 1. The van der Waals surface area contributed by atoms with Crippen molar-refractivity contribution in [3.63, 3.8) is 0 Å². The van der Waals surface area contributed by atoms with Crippen LogP contribution in [0.15, 0.2) is 42.6 Å². The van der Waals surface area contributed by atoms with E-state index in [4.69, 9.17) is 0 Å². The summed E-state index contributed by atoms with van der Waals surface area (Å²) >= 11 is 0. The van der Waals surface area contributed by atoms with Gasteiger partial charge in [0, 0.05) is 25.7 Å². The van der Waals surface area contributed by atoms with Crippen LogP contribution in [0.5, 0.6) is 0 Å². The summed E-state index contributed by atoms with van der Waals surface area (Å²) in [6.45, 7) is 31.3. The van der Waals surface area contributed by atoms with Gasteiger partial charge in [0.25, 0.3) is 0 Å². The zero-order chi connectivity index (χ0) is 24.9. The molecule has 0 aromatic heterocycles. The van der Waals surface area contributed by atoms with E-state index in [0.717, 1.165) is 30.1 Å². The highest BCUT2D eigenvalue weighted by atomic mass is 16.2. The zero-order valence-electron chi connectivity index (χ0n) is 22.9. The number of carbonyl (C=O) groups is 1. The molecule has 0 saturated carbocycles. The van der Waals surface area contributed by atoms with Gasteiger partial charge in [-0.1, -0.05) is 113 Å². The number of hydrogen-bond donors (Lipinski definition) is 0. The van der Waals surface area contributed by atoms with Crippen molar-refractivity contribution in [3.8, 4) is 0 Å². The van der Waals surface area contributed by atoms with Crippen LogP contribution >= 0.6 is 0 Å². The van der Waals surface area contributed by atoms with Crippen molar-refractivity contribution in [3.05, 3.63) is 48.2 Å². The highest BCUT2D eigenvalue weighted by molar-refractivity contribution is 5.78. The molecule has 3 nitrogen and oxygen atoms in total. The molecule has 1 saturated heterocycles. The van der Waals surface area contributed by atoms with E-state index in [1.54, 1.807) is 11.9 Å². The summed E-state index contributed by atoms with van der Waals surface area (Å²) in [6.07, 6.45) is 0.832. The quantitative estimate of drug-likeness (QED) is 0.466. The predicted molar refractivity (Wildman–Crippen MR) is 139 cm³/mol. The third-order valence-corrected chi connectivity index (χ3v) is 3.77. The summed E-state index contributed by atoms with van der Waals surface area (Å²) in [7, 11) is 1.79. The Balaban J connectivity index is -0.000000239. The lowest BCUT2D eigenvalue weighted by atomic mass is 9.91. The fourth-order valence-corrected chi connectivity index (χ4v) is 2.34. The zero-order valence-corrected chi connectivity index (χ0v) is 22.9. The lowest BCUT2D eigenvalue weighted by molar-refractivity contribution is 0.0984. The van der Waals surface area contributed by atoms with Crippen LogP contribution in [0.3, 0.4) is 0 Å². The molecule has 1 fully saturated rings. The molecule has 1 aromatic carbocycles. The molecule has 0 radical (unpaired) electrons.